The zero-order valence-corrected chi connectivity index (χ0v) is 13.1. The van der Waals surface area contributed by atoms with Crippen LogP contribution in [0.4, 0.5) is 0 Å². The van der Waals surface area contributed by atoms with Crippen molar-refractivity contribution in [2.45, 2.75) is 32.2 Å². The Balaban J connectivity index is 1.50. The second-order valence-electron chi connectivity index (χ2n) is 6.29. The molecule has 1 heterocycles. The summed E-state index contributed by atoms with van der Waals surface area (Å²) in [5.41, 5.74) is 3.43. The number of Topliss-reactive ketones (excluding diaryl/α,β-unsaturated/α-hetero) is 1. The number of unbranched alkanes of at least 4 members (excludes halogenated alkanes) is 1. The van der Waals surface area contributed by atoms with Gasteiger partial charge in [-0.25, -0.2) is 0 Å². The van der Waals surface area contributed by atoms with E-state index in [1.165, 1.54) is 11.1 Å². The molecule has 1 fully saturated rings. The van der Waals surface area contributed by atoms with E-state index in [1.54, 1.807) is 0 Å². The first-order chi connectivity index (χ1) is 10.8. The average Bonchev–Trinajstić information content (AvgIpc) is 2.90. The van der Waals surface area contributed by atoms with E-state index in [-0.39, 0.29) is 0 Å². The molecule has 0 N–H and O–H groups in total. The molecule has 1 aromatic carbocycles. The van der Waals surface area contributed by atoms with Crippen molar-refractivity contribution >= 4 is 5.78 Å². The molecule has 0 bridgehead atoms. The summed E-state index contributed by atoms with van der Waals surface area (Å²) in [6, 6.07) is 8.62. The summed E-state index contributed by atoms with van der Waals surface area (Å²) in [5.74, 6) is 0.305. The van der Waals surface area contributed by atoms with Crippen molar-refractivity contribution in [2.75, 3.05) is 32.7 Å². The fourth-order valence-corrected chi connectivity index (χ4v) is 3.39. The van der Waals surface area contributed by atoms with Crippen molar-refractivity contribution in [1.82, 2.24) is 9.80 Å². The Labute approximate surface area is 132 Å². The van der Waals surface area contributed by atoms with Crippen LogP contribution in [-0.4, -0.2) is 48.3 Å². The molecule has 0 amide bonds. The fourth-order valence-electron chi connectivity index (χ4n) is 3.39. The number of ketones is 1. The molecular weight excluding hydrogens is 274 g/mol. The predicted octanol–water partition coefficient (Wildman–Crippen LogP) is 2.24. The topological polar surface area (TPSA) is 47.3 Å². The van der Waals surface area contributed by atoms with Crippen molar-refractivity contribution in [1.29, 1.82) is 5.26 Å². The maximum atomic E-state index is 11.8. The standard InChI is InChI=1S/C18H23N3O/c19-7-1-2-8-20-9-11-21(12-10-20)14-15-3-4-16-5-6-18(22)17(16)13-15/h3-4,13H,1-2,5-6,8-12,14H2. The smallest absolute Gasteiger partial charge is 0.163 e. The van der Waals surface area contributed by atoms with Gasteiger partial charge in [-0.15, -0.1) is 0 Å². The molecule has 22 heavy (non-hydrogen) atoms. The van der Waals surface area contributed by atoms with Gasteiger partial charge in [0.1, 0.15) is 0 Å². The van der Waals surface area contributed by atoms with Crippen LogP contribution in [0.3, 0.4) is 0 Å². The Morgan fingerprint density at radius 1 is 1.09 bits per heavy atom. The number of aryl methyl sites for hydroxylation is 1. The van der Waals surface area contributed by atoms with Crippen LogP contribution in [0.5, 0.6) is 0 Å². The van der Waals surface area contributed by atoms with Gasteiger partial charge in [-0.1, -0.05) is 12.1 Å². The van der Waals surface area contributed by atoms with E-state index < -0.39 is 0 Å². The zero-order chi connectivity index (χ0) is 15.4. The molecule has 116 valence electrons. The minimum atomic E-state index is 0.305. The Hall–Kier alpha value is -1.70. The molecule has 1 aliphatic carbocycles. The van der Waals surface area contributed by atoms with Crippen LogP contribution in [0.25, 0.3) is 0 Å². The van der Waals surface area contributed by atoms with Crippen LogP contribution in [0, 0.1) is 11.3 Å². The molecule has 0 aromatic heterocycles. The first-order valence-electron chi connectivity index (χ1n) is 8.23. The van der Waals surface area contributed by atoms with Crippen LogP contribution in [0.1, 0.15) is 40.7 Å². The first-order valence-corrected chi connectivity index (χ1v) is 8.23. The molecule has 0 saturated carbocycles. The van der Waals surface area contributed by atoms with Crippen molar-refractivity contribution in [3.8, 4) is 6.07 Å². The Kier molecular flexibility index (Phi) is 4.87. The number of rotatable bonds is 5. The van der Waals surface area contributed by atoms with Crippen molar-refractivity contribution in [3.63, 3.8) is 0 Å². The van der Waals surface area contributed by atoms with Crippen molar-refractivity contribution in [2.24, 2.45) is 0 Å². The van der Waals surface area contributed by atoms with E-state index in [2.05, 4.69) is 34.1 Å². The summed E-state index contributed by atoms with van der Waals surface area (Å²) < 4.78 is 0. The van der Waals surface area contributed by atoms with Gasteiger partial charge in [0.05, 0.1) is 6.07 Å². The first kappa shape index (κ1) is 15.2. The monoisotopic (exact) mass is 297 g/mol. The molecule has 1 saturated heterocycles. The summed E-state index contributed by atoms with van der Waals surface area (Å²) in [4.78, 5) is 16.7. The second kappa shape index (κ2) is 7.04. The summed E-state index contributed by atoms with van der Waals surface area (Å²) >= 11 is 0. The number of hydrogen-bond donors (Lipinski definition) is 0. The van der Waals surface area contributed by atoms with Crippen LogP contribution in [0.2, 0.25) is 0 Å². The van der Waals surface area contributed by atoms with Gasteiger partial charge in [0.25, 0.3) is 0 Å². The van der Waals surface area contributed by atoms with Gasteiger partial charge in [0.2, 0.25) is 0 Å². The number of hydrogen-bond acceptors (Lipinski definition) is 4. The number of piperazine rings is 1. The lowest BCUT2D eigenvalue weighted by molar-refractivity contribution is 0.0994. The summed E-state index contributed by atoms with van der Waals surface area (Å²) in [7, 11) is 0. The van der Waals surface area contributed by atoms with Crippen LogP contribution in [0.15, 0.2) is 18.2 Å². The normalized spacial score (nSPS) is 19.1. The highest BCUT2D eigenvalue weighted by molar-refractivity contribution is 6.00. The Bertz CT molecular complexity index is 582. The van der Waals surface area contributed by atoms with E-state index in [1.807, 2.05) is 0 Å². The van der Waals surface area contributed by atoms with E-state index >= 15 is 0 Å². The minimum Gasteiger partial charge on any atom is -0.301 e. The number of benzene rings is 1. The predicted molar refractivity (Wildman–Crippen MR) is 85.7 cm³/mol. The lowest BCUT2D eigenvalue weighted by Gasteiger charge is -2.34. The average molecular weight is 297 g/mol. The van der Waals surface area contributed by atoms with Gasteiger partial charge in [-0.3, -0.25) is 9.69 Å². The highest BCUT2D eigenvalue weighted by Crippen LogP contribution is 2.23. The fraction of sp³-hybridized carbons (Fsp3) is 0.556. The summed E-state index contributed by atoms with van der Waals surface area (Å²) in [6.45, 7) is 6.26. The number of nitrogens with zero attached hydrogens (tertiary/aromatic N) is 3. The maximum absolute atomic E-state index is 11.8. The van der Waals surface area contributed by atoms with E-state index in [4.69, 9.17) is 5.26 Å². The molecule has 0 spiro atoms. The molecule has 4 nitrogen and oxygen atoms in total. The summed E-state index contributed by atoms with van der Waals surface area (Å²) in [6.07, 6.45) is 3.22. The molecule has 0 unspecified atom stereocenters. The number of carbonyl (C=O) groups is 1. The van der Waals surface area contributed by atoms with Crippen LogP contribution in [-0.2, 0) is 13.0 Å². The molecular formula is C18H23N3O. The summed E-state index contributed by atoms with van der Waals surface area (Å²) in [5, 5.41) is 8.59. The van der Waals surface area contributed by atoms with Gasteiger partial charge in [0.15, 0.2) is 5.78 Å². The Morgan fingerprint density at radius 2 is 1.86 bits per heavy atom. The third kappa shape index (κ3) is 3.55. The molecule has 4 heteroatoms. The minimum absolute atomic E-state index is 0.305. The van der Waals surface area contributed by atoms with Gasteiger partial charge in [-0.05, 0) is 36.6 Å². The van der Waals surface area contributed by atoms with Gasteiger partial charge < -0.3 is 4.90 Å². The lowest BCUT2D eigenvalue weighted by atomic mass is 10.1. The highest BCUT2D eigenvalue weighted by atomic mass is 16.1. The van der Waals surface area contributed by atoms with Gasteiger partial charge in [-0.2, -0.15) is 5.26 Å². The third-order valence-electron chi connectivity index (χ3n) is 4.73. The maximum Gasteiger partial charge on any atom is 0.163 e. The molecule has 1 aromatic rings. The molecule has 3 rings (SSSR count). The van der Waals surface area contributed by atoms with Crippen molar-refractivity contribution < 1.29 is 4.79 Å². The second-order valence-corrected chi connectivity index (χ2v) is 6.29. The largest absolute Gasteiger partial charge is 0.301 e. The molecule has 0 radical (unpaired) electrons. The SMILES string of the molecule is N#CCCCN1CCN(Cc2ccc3c(c2)C(=O)CC3)CC1. The number of carbonyl (C=O) groups excluding carboxylic acids is 1. The molecule has 1 aliphatic heterocycles. The van der Waals surface area contributed by atoms with E-state index in [0.29, 0.717) is 18.6 Å². The number of nitriles is 1. The molecule has 2 aliphatic rings. The van der Waals surface area contributed by atoms with Crippen LogP contribution < -0.4 is 0 Å². The van der Waals surface area contributed by atoms with E-state index in [9.17, 15) is 4.79 Å². The van der Waals surface area contributed by atoms with Gasteiger partial charge >= 0.3 is 0 Å². The van der Waals surface area contributed by atoms with E-state index in [0.717, 1.165) is 57.7 Å². The molecule has 0 atom stereocenters. The van der Waals surface area contributed by atoms with Crippen molar-refractivity contribution in [3.05, 3.63) is 34.9 Å². The van der Waals surface area contributed by atoms with Crippen LogP contribution >= 0.6 is 0 Å². The lowest BCUT2D eigenvalue weighted by Crippen LogP contribution is -2.46. The zero-order valence-electron chi connectivity index (χ0n) is 13.1. The third-order valence-corrected chi connectivity index (χ3v) is 4.73. The quantitative estimate of drug-likeness (QED) is 0.782. The number of fused-ring (bicyclic) bond motifs is 1. The Morgan fingerprint density at radius 3 is 2.64 bits per heavy atom. The highest BCUT2D eigenvalue weighted by Gasteiger charge is 2.21. The van der Waals surface area contributed by atoms with Gasteiger partial charge in [0, 0.05) is 51.1 Å².